The van der Waals surface area contributed by atoms with E-state index in [0.717, 1.165) is 23.2 Å². The molecule has 2 aromatic rings. The van der Waals surface area contributed by atoms with Crippen LogP contribution in [-0.2, 0) is 22.6 Å². The Hall–Kier alpha value is -2.26. The summed E-state index contributed by atoms with van der Waals surface area (Å²) >= 11 is 0. The molecule has 0 bridgehead atoms. The molecule has 0 unspecified atom stereocenters. The summed E-state index contributed by atoms with van der Waals surface area (Å²) < 4.78 is 5.11. The van der Waals surface area contributed by atoms with E-state index in [9.17, 15) is 0 Å². The highest BCUT2D eigenvalue weighted by Gasteiger charge is 2.02. The number of hydroxylamine groups is 1. The molecule has 0 fully saturated rings. The van der Waals surface area contributed by atoms with E-state index in [2.05, 4.69) is 36.7 Å². The summed E-state index contributed by atoms with van der Waals surface area (Å²) in [7, 11) is 1.62. The molecule has 2 rings (SSSR count). The van der Waals surface area contributed by atoms with Crippen LogP contribution in [0, 0.1) is 0 Å². The predicted octanol–water partition coefficient (Wildman–Crippen LogP) is 3.92. The molecular formula is C18H21NO2. The van der Waals surface area contributed by atoms with Crippen molar-refractivity contribution < 1.29 is 9.57 Å². The Kier molecular flexibility index (Phi) is 5.85. The van der Waals surface area contributed by atoms with Gasteiger partial charge in [0.05, 0.1) is 13.7 Å². The fourth-order valence-electron chi connectivity index (χ4n) is 1.96. The van der Waals surface area contributed by atoms with Crippen LogP contribution in [0.25, 0.3) is 5.70 Å². The van der Waals surface area contributed by atoms with Gasteiger partial charge in [0, 0.05) is 5.56 Å². The van der Waals surface area contributed by atoms with E-state index in [0.29, 0.717) is 6.61 Å². The molecule has 21 heavy (non-hydrogen) atoms. The summed E-state index contributed by atoms with van der Waals surface area (Å²) in [5, 5.41) is 0. The second kappa shape index (κ2) is 8.12. The van der Waals surface area contributed by atoms with Gasteiger partial charge in [0.2, 0.25) is 0 Å². The molecule has 0 saturated heterocycles. The molecule has 0 aliphatic carbocycles. The molecule has 0 aromatic heterocycles. The molecule has 110 valence electrons. The van der Waals surface area contributed by atoms with Gasteiger partial charge in [-0.15, -0.1) is 0 Å². The van der Waals surface area contributed by atoms with Crippen LogP contribution >= 0.6 is 0 Å². The van der Waals surface area contributed by atoms with E-state index >= 15 is 0 Å². The van der Waals surface area contributed by atoms with Crippen molar-refractivity contribution in [3.63, 3.8) is 0 Å². The minimum absolute atomic E-state index is 0.495. The van der Waals surface area contributed by atoms with Crippen molar-refractivity contribution in [2.75, 3.05) is 7.11 Å². The first-order valence-electron chi connectivity index (χ1n) is 7.07. The smallest absolute Gasteiger partial charge is 0.108 e. The number of hydrogen-bond acceptors (Lipinski definition) is 3. The first-order valence-corrected chi connectivity index (χ1v) is 7.07. The van der Waals surface area contributed by atoms with E-state index in [4.69, 9.17) is 9.57 Å². The van der Waals surface area contributed by atoms with Gasteiger partial charge in [-0.05, 0) is 17.5 Å². The maximum absolute atomic E-state index is 5.55. The molecule has 1 N–H and O–H groups in total. The lowest BCUT2D eigenvalue weighted by atomic mass is 10.1. The van der Waals surface area contributed by atoms with Crippen LogP contribution in [0.1, 0.15) is 23.6 Å². The molecule has 0 radical (unpaired) electrons. The van der Waals surface area contributed by atoms with E-state index in [1.807, 2.05) is 30.3 Å². The summed E-state index contributed by atoms with van der Waals surface area (Å²) in [6.45, 7) is 2.64. The van der Waals surface area contributed by atoms with Crippen molar-refractivity contribution in [2.24, 2.45) is 0 Å². The van der Waals surface area contributed by atoms with Crippen LogP contribution in [0.15, 0.2) is 60.9 Å². The molecule has 2 aromatic carbocycles. The molecule has 0 atom stereocenters. The van der Waals surface area contributed by atoms with Gasteiger partial charge in [0.25, 0.3) is 0 Å². The van der Waals surface area contributed by atoms with Crippen LogP contribution in [0.3, 0.4) is 0 Å². The normalized spacial score (nSPS) is 11.2. The van der Waals surface area contributed by atoms with Crippen LogP contribution in [0.4, 0.5) is 0 Å². The SMILES string of the molecule is CCc1ccc(C(=COC)NOCc2ccccc2)cc1. The third-order valence-corrected chi connectivity index (χ3v) is 3.17. The third kappa shape index (κ3) is 4.65. The van der Waals surface area contributed by atoms with Crippen molar-refractivity contribution in [1.29, 1.82) is 0 Å². The van der Waals surface area contributed by atoms with Crippen molar-refractivity contribution in [1.82, 2.24) is 5.48 Å². The van der Waals surface area contributed by atoms with Gasteiger partial charge < -0.3 is 4.74 Å². The quantitative estimate of drug-likeness (QED) is 0.617. The van der Waals surface area contributed by atoms with Crippen LogP contribution < -0.4 is 5.48 Å². The van der Waals surface area contributed by atoms with Crippen molar-refractivity contribution in [2.45, 2.75) is 20.0 Å². The van der Waals surface area contributed by atoms with Crippen molar-refractivity contribution >= 4 is 5.70 Å². The lowest BCUT2D eigenvalue weighted by Crippen LogP contribution is -2.13. The van der Waals surface area contributed by atoms with Gasteiger partial charge in [-0.1, -0.05) is 61.5 Å². The Morgan fingerprint density at radius 3 is 2.33 bits per heavy atom. The largest absolute Gasteiger partial charge is 0.502 e. The van der Waals surface area contributed by atoms with Gasteiger partial charge in [-0.2, -0.15) is 0 Å². The number of aryl methyl sites for hydroxylation is 1. The highest BCUT2D eigenvalue weighted by atomic mass is 16.6. The highest BCUT2D eigenvalue weighted by molar-refractivity contribution is 5.62. The molecular weight excluding hydrogens is 262 g/mol. The number of ether oxygens (including phenoxy) is 1. The second-order valence-electron chi connectivity index (χ2n) is 4.69. The molecule has 3 heteroatoms. The molecule has 0 saturated carbocycles. The molecule has 0 aliphatic rings. The lowest BCUT2D eigenvalue weighted by Gasteiger charge is -2.11. The highest BCUT2D eigenvalue weighted by Crippen LogP contribution is 2.14. The van der Waals surface area contributed by atoms with Crippen molar-refractivity contribution in [3.8, 4) is 0 Å². The van der Waals surface area contributed by atoms with Crippen LogP contribution in [-0.4, -0.2) is 7.11 Å². The topological polar surface area (TPSA) is 30.5 Å². The standard InChI is InChI=1S/C18H21NO2/c1-3-15-9-11-17(12-10-15)18(14-20-2)19-21-13-16-7-5-4-6-8-16/h4-12,14,19H,3,13H2,1-2H3. The summed E-state index contributed by atoms with van der Waals surface area (Å²) in [6, 6.07) is 18.4. The van der Waals surface area contributed by atoms with Crippen LogP contribution in [0.5, 0.6) is 0 Å². The molecule has 0 amide bonds. The van der Waals surface area contributed by atoms with Gasteiger partial charge >= 0.3 is 0 Å². The molecule has 0 heterocycles. The van der Waals surface area contributed by atoms with Gasteiger partial charge in [-0.3, -0.25) is 10.3 Å². The first kappa shape index (κ1) is 15.1. The number of rotatable bonds is 7. The van der Waals surface area contributed by atoms with E-state index in [1.165, 1.54) is 5.56 Å². The zero-order chi connectivity index (χ0) is 14.9. The zero-order valence-electron chi connectivity index (χ0n) is 12.5. The van der Waals surface area contributed by atoms with E-state index < -0.39 is 0 Å². The Balaban J connectivity index is 1.97. The monoisotopic (exact) mass is 283 g/mol. The Bertz CT molecular complexity index is 562. The van der Waals surface area contributed by atoms with Gasteiger partial charge in [-0.25, -0.2) is 0 Å². The molecule has 0 spiro atoms. The molecule has 0 aliphatic heterocycles. The zero-order valence-corrected chi connectivity index (χ0v) is 12.5. The average molecular weight is 283 g/mol. The average Bonchev–Trinajstić information content (AvgIpc) is 2.55. The first-order chi connectivity index (χ1) is 10.3. The summed E-state index contributed by atoms with van der Waals surface area (Å²) in [6.07, 6.45) is 2.67. The minimum atomic E-state index is 0.495. The maximum Gasteiger partial charge on any atom is 0.108 e. The predicted molar refractivity (Wildman–Crippen MR) is 85.2 cm³/mol. The molecule has 3 nitrogen and oxygen atoms in total. The Labute approximate surface area is 126 Å². The van der Waals surface area contributed by atoms with E-state index in [1.54, 1.807) is 13.4 Å². The maximum atomic E-state index is 5.55. The van der Waals surface area contributed by atoms with Gasteiger partial charge in [0.15, 0.2) is 0 Å². The number of hydrogen-bond donors (Lipinski definition) is 1. The number of nitrogens with one attached hydrogen (secondary N) is 1. The lowest BCUT2D eigenvalue weighted by molar-refractivity contribution is 0.0632. The van der Waals surface area contributed by atoms with Crippen LogP contribution in [0.2, 0.25) is 0 Å². The minimum Gasteiger partial charge on any atom is -0.502 e. The third-order valence-electron chi connectivity index (χ3n) is 3.17. The summed E-state index contributed by atoms with van der Waals surface area (Å²) in [4.78, 5) is 5.55. The number of benzene rings is 2. The fourth-order valence-corrected chi connectivity index (χ4v) is 1.96. The number of methoxy groups -OCH3 is 1. The fraction of sp³-hybridized carbons (Fsp3) is 0.222. The summed E-state index contributed by atoms with van der Waals surface area (Å²) in [5.74, 6) is 0. The van der Waals surface area contributed by atoms with Gasteiger partial charge in [0.1, 0.15) is 12.0 Å². The Morgan fingerprint density at radius 2 is 1.71 bits per heavy atom. The van der Waals surface area contributed by atoms with E-state index in [-0.39, 0.29) is 0 Å². The summed E-state index contributed by atoms with van der Waals surface area (Å²) in [5.41, 5.74) is 7.21. The van der Waals surface area contributed by atoms with Crippen molar-refractivity contribution in [3.05, 3.63) is 77.5 Å². The Morgan fingerprint density at radius 1 is 1.00 bits per heavy atom. The second-order valence-corrected chi connectivity index (χ2v) is 4.69.